The number of nitrogens with one attached hydrogen (secondary N) is 1. The molecule has 9 heteroatoms. The van der Waals surface area contributed by atoms with Crippen LogP contribution in [-0.2, 0) is 4.79 Å². The van der Waals surface area contributed by atoms with E-state index in [-0.39, 0.29) is 18.5 Å². The van der Waals surface area contributed by atoms with E-state index in [4.69, 9.17) is 17.3 Å². The fraction of sp³-hybridized carbons (Fsp3) is 0.385. The Morgan fingerprint density at radius 3 is 2.32 bits per heavy atom. The predicted octanol–water partition coefficient (Wildman–Crippen LogP) is 2.46. The third kappa shape index (κ3) is 5.53. The van der Waals surface area contributed by atoms with Crippen LogP contribution >= 0.6 is 11.6 Å². The number of benzene rings is 1. The Morgan fingerprint density at radius 2 is 1.86 bits per heavy atom. The third-order valence-corrected chi connectivity index (χ3v) is 3.14. The van der Waals surface area contributed by atoms with E-state index < -0.39 is 24.2 Å². The Morgan fingerprint density at radius 1 is 1.32 bits per heavy atom. The molecule has 0 heterocycles. The fourth-order valence-electron chi connectivity index (χ4n) is 1.95. The molecule has 0 unspecified atom stereocenters. The number of urea groups is 1. The molecule has 122 valence electrons. The van der Waals surface area contributed by atoms with Crippen LogP contribution in [0.2, 0.25) is 5.02 Å². The second kappa shape index (κ2) is 7.46. The summed E-state index contributed by atoms with van der Waals surface area (Å²) in [7, 11) is 1.24. The molecule has 1 aromatic rings. The Kier molecular flexibility index (Phi) is 6.19. The van der Waals surface area contributed by atoms with Crippen molar-refractivity contribution in [1.29, 1.82) is 0 Å². The number of primary amides is 1. The quantitative estimate of drug-likeness (QED) is 0.866. The smallest absolute Gasteiger partial charge is 0.351 e. The maximum Gasteiger partial charge on any atom is 0.408 e. The first-order valence-electron chi connectivity index (χ1n) is 6.23. The lowest BCUT2D eigenvalue weighted by Crippen LogP contribution is -2.40. The van der Waals surface area contributed by atoms with Gasteiger partial charge in [-0.05, 0) is 24.7 Å². The van der Waals surface area contributed by atoms with Gasteiger partial charge in [-0.1, -0.05) is 23.7 Å². The summed E-state index contributed by atoms with van der Waals surface area (Å²) in [4.78, 5) is 22.7. The van der Waals surface area contributed by atoms with Crippen LogP contribution in [0.25, 0.3) is 0 Å². The second-order valence-corrected chi connectivity index (χ2v) is 5.08. The number of halogens is 4. The van der Waals surface area contributed by atoms with Gasteiger partial charge in [-0.2, -0.15) is 13.2 Å². The molecule has 0 spiro atoms. The summed E-state index contributed by atoms with van der Waals surface area (Å²) in [5.41, 5.74) is 4.77. The molecule has 3 N–H and O–H groups in total. The molecule has 1 rings (SSSR count). The van der Waals surface area contributed by atoms with Gasteiger partial charge in [0.05, 0.1) is 0 Å². The molecule has 0 radical (unpaired) electrons. The van der Waals surface area contributed by atoms with Gasteiger partial charge in [0, 0.05) is 18.0 Å². The summed E-state index contributed by atoms with van der Waals surface area (Å²) in [6.45, 7) is -0.202. The average Bonchev–Trinajstić information content (AvgIpc) is 2.36. The lowest BCUT2D eigenvalue weighted by atomic mass is 10.0. The van der Waals surface area contributed by atoms with E-state index in [2.05, 4.69) is 0 Å². The Labute approximate surface area is 130 Å². The van der Waals surface area contributed by atoms with E-state index >= 15 is 0 Å². The molecule has 0 bridgehead atoms. The Bertz CT molecular complexity index is 534. The molecule has 1 atom stereocenters. The zero-order chi connectivity index (χ0) is 16.9. The van der Waals surface area contributed by atoms with Gasteiger partial charge in [0.2, 0.25) is 5.91 Å². The van der Waals surface area contributed by atoms with E-state index in [0.29, 0.717) is 5.02 Å². The molecular formula is C13H15ClF3N3O2. The number of imide groups is 1. The highest BCUT2D eigenvalue weighted by Gasteiger charge is 2.43. The molecule has 1 aromatic carbocycles. The minimum absolute atomic E-state index is 0.00899. The van der Waals surface area contributed by atoms with Crippen molar-refractivity contribution < 1.29 is 22.8 Å². The van der Waals surface area contributed by atoms with Gasteiger partial charge in [0.1, 0.15) is 6.04 Å². The van der Waals surface area contributed by atoms with Crippen LogP contribution in [0.3, 0.4) is 0 Å². The number of hydrogen-bond acceptors (Lipinski definition) is 3. The number of hydrogen-bond donors (Lipinski definition) is 2. The summed E-state index contributed by atoms with van der Waals surface area (Å²) < 4.78 is 39.7. The van der Waals surface area contributed by atoms with Crippen LogP contribution in [0.5, 0.6) is 0 Å². The molecule has 0 aliphatic heterocycles. The molecule has 0 aliphatic carbocycles. The van der Waals surface area contributed by atoms with E-state index in [9.17, 15) is 22.8 Å². The lowest BCUT2D eigenvalue weighted by Gasteiger charge is -2.30. The highest BCUT2D eigenvalue weighted by molar-refractivity contribution is 6.30. The van der Waals surface area contributed by atoms with Crippen molar-refractivity contribution in [1.82, 2.24) is 10.2 Å². The summed E-state index contributed by atoms with van der Waals surface area (Å²) in [6, 6.07) is 2.36. The van der Waals surface area contributed by atoms with E-state index in [1.807, 2.05) is 0 Å². The highest BCUT2D eigenvalue weighted by atomic mass is 35.5. The molecule has 0 fully saturated rings. The van der Waals surface area contributed by atoms with Crippen LogP contribution in [0.1, 0.15) is 18.0 Å². The van der Waals surface area contributed by atoms with Crippen molar-refractivity contribution in [3.8, 4) is 0 Å². The Hall–Kier alpha value is -1.80. The normalized spacial score (nSPS) is 13.0. The summed E-state index contributed by atoms with van der Waals surface area (Å²) in [5, 5.41) is 2.12. The first kappa shape index (κ1) is 18.2. The first-order valence-corrected chi connectivity index (χ1v) is 6.60. The average molecular weight is 338 g/mol. The topological polar surface area (TPSA) is 75.4 Å². The van der Waals surface area contributed by atoms with E-state index in [1.165, 1.54) is 31.3 Å². The number of nitrogens with zero attached hydrogens (tertiary/aromatic N) is 1. The number of amides is 3. The standard InChI is InChI=1S/C13H15ClF3N3O2/c1-20(7-6-10(21)19-12(18)22)11(13(15,16)17)8-2-4-9(14)5-3-8/h2-5,11H,6-7H2,1H3,(H3,18,19,21,22)/t11-/m1/s1. The molecule has 22 heavy (non-hydrogen) atoms. The molecule has 5 nitrogen and oxygen atoms in total. The van der Waals surface area contributed by atoms with Crippen LogP contribution in [0.15, 0.2) is 24.3 Å². The van der Waals surface area contributed by atoms with Gasteiger partial charge in [-0.15, -0.1) is 0 Å². The van der Waals surface area contributed by atoms with Crippen LogP contribution in [-0.4, -0.2) is 36.6 Å². The molecule has 3 amide bonds. The zero-order valence-corrected chi connectivity index (χ0v) is 12.4. The van der Waals surface area contributed by atoms with Crippen molar-refractivity contribution >= 4 is 23.5 Å². The number of rotatable bonds is 5. The zero-order valence-electron chi connectivity index (χ0n) is 11.7. The molecule has 0 aliphatic rings. The maximum atomic E-state index is 13.2. The number of carbonyl (C=O) groups is 2. The van der Waals surface area contributed by atoms with Gasteiger partial charge in [-0.3, -0.25) is 15.0 Å². The van der Waals surface area contributed by atoms with Gasteiger partial charge in [0.25, 0.3) is 0 Å². The van der Waals surface area contributed by atoms with Crippen molar-refractivity contribution in [3.05, 3.63) is 34.9 Å². The van der Waals surface area contributed by atoms with Gasteiger partial charge in [-0.25, -0.2) is 4.79 Å². The summed E-state index contributed by atoms with van der Waals surface area (Å²) in [5.74, 6) is -0.739. The van der Waals surface area contributed by atoms with Crippen molar-refractivity contribution in [3.63, 3.8) is 0 Å². The molecule has 0 aromatic heterocycles. The van der Waals surface area contributed by atoms with Gasteiger partial charge in [0.15, 0.2) is 0 Å². The predicted molar refractivity (Wildman–Crippen MR) is 75.2 cm³/mol. The minimum Gasteiger partial charge on any atom is -0.351 e. The summed E-state index contributed by atoms with van der Waals surface area (Å²) in [6.07, 6.45) is -4.82. The number of carbonyl (C=O) groups excluding carboxylic acids is 2. The monoisotopic (exact) mass is 337 g/mol. The number of nitrogens with two attached hydrogens (primary N) is 1. The minimum atomic E-state index is -4.53. The molecule has 0 saturated heterocycles. The lowest BCUT2D eigenvalue weighted by molar-refractivity contribution is -0.183. The Balaban J connectivity index is 2.82. The fourth-order valence-corrected chi connectivity index (χ4v) is 2.07. The maximum absolute atomic E-state index is 13.2. The van der Waals surface area contributed by atoms with Crippen molar-refractivity contribution in [2.75, 3.05) is 13.6 Å². The van der Waals surface area contributed by atoms with Gasteiger partial charge >= 0.3 is 12.2 Å². The van der Waals surface area contributed by atoms with Gasteiger partial charge < -0.3 is 5.73 Å². The molecule has 0 saturated carbocycles. The highest BCUT2D eigenvalue weighted by Crippen LogP contribution is 2.37. The largest absolute Gasteiger partial charge is 0.408 e. The van der Waals surface area contributed by atoms with Crippen molar-refractivity contribution in [2.45, 2.75) is 18.6 Å². The van der Waals surface area contributed by atoms with Crippen molar-refractivity contribution in [2.24, 2.45) is 5.73 Å². The van der Waals surface area contributed by atoms with Crippen LogP contribution in [0, 0.1) is 0 Å². The summed E-state index contributed by atoms with van der Waals surface area (Å²) >= 11 is 5.67. The second-order valence-electron chi connectivity index (χ2n) is 4.64. The SMILES string of the molecule is CN(CCC(=O)NC(N)=O)[C@H](c1ccc(Cl)cc1)C(F)(F)F. The van der Waals surface area contributed by atoms with Crippen LogP contribution < -0.4 is 11.1 Å². The molecular weight excluding hydrogens is 323 g/mol. The first-order chi connectivity index (χ1) is 10.1. The number of alkyl halides is 3. The third-order valence-electron chi connectivity index (χ3n) is 2.89. The van der Waals surface area contributed by atoms with Crippen LogP contribution in [0.4, 0.5) is 18.0 Å². The van der Waals surface area contributed by atoms with E-state index in [0.717, 1.165) is 4.90 Å². The van der Waals surface area contributed by atoms with E-state index in [1.54, 1.807) is 5.32 Å².